The molecule has 2 N–H and O–H groups in total. The minimum atomic E-state index is -0.973. The molecule has 27 heavy (non-hydrogen) atoms. The first-order valence-electron chi connectivity index (χ1n) is 8.69. The summed E-state index contributed by atoms with van der Waals surface area (Å²) in [6, 6.07) is 12.8. The first kappa shape index (κ1) is 19.7. The van der Waals surface area contributed by atoms with Crippen molar-refractivity contribution in [2.45, 2.75) is 25.9 Å². The lowest BCUT2D eigenvalue weighted by atomic mass is 9.96. The Bertz CT molecular complexity index is 899. The number of likely N-dealkylation sites (N-methyl/N-ethyl adjacent to an activating group) is 1. The largest absolute Gasteiger partial charge is 0.326 e. The SMILES string of the molecule is C[NH+](CC(=O)N1c2ccccc2NC(=O)C1(C)C)Cc1cccc(Cl)c1Cl. The Morgan fingerprint density at radius 3 is 2.59 bits per heavy atom. The van der Waals surface area contributed by atoms with Crippen molar-refractivity contribution in [3.05, 3.63) is 58.1 Å². The summed E-state index contributed by atoms with van der Waals surface area (Å²) < 4.78 is 0. The van der Waals surface area contributed by atoms with E-state index in [-0.39, 0.29) is 18.4 Å². The van der Waals surface area contributed by atoms with Crippen molar-refractivity contribution in [1.82, 2.24) is 0 Å². The highest BCUT2D eigenvalue weighted by Crippen LogP contribution is 2.36. The fourth-order valence-corrected chi connectivity index (χ4v) is 3.70. The predicted molar refractivity (Wildman–Crippen MR) is 109 cm³/mol. The highest BCUT2D eigenvalue weighted by Gasteiger charge is 2.44. The standard InChI is InChI=1S/C20H21Cl2N3O2/c1-20(2)19(27)23-15-9-4-5-10-16(15)25(20)17(26)12-24(3)11-13-7-6-8-14(21)18(13)22/h4-10H,11-12H2,1-3H3,(H,23,27)/p+1. The molecule has 0 bridgehead atoms. The second kappa shape index (κ2) is 7.50. The summed E-state index contributed by atoms with van der Waals surface area (Å²) in [4.78, 5) is 28.2. The molecule has 2 aromatic carbocycles. The van der Waals surface area contributed by atoms with Gasteiger partial charge in [0.15, 0.2) is 6.54 Å². The van der Waals surface area contributed by atoms with Crippen LogP contribution in [-0.2, 0) is 16.1 Å². The number of quaternary nitrogens is 1. The lowest BCUT2D eigenvalue weighted by Crippen LogP contribution is -3.09. The van der Waals surface area contributed by atoms with Crippen LogP contribution in [0.4, 0.5) is 11.4 Å². The summed E-state index contributed by atoms with van der Waals surface area (Å²) >= 11 is 12.3. The van der Waals surface area contributed by atoms with Gasteiger partial charge in [-0.15, -0.1) is 0 Å². The number of amides is 2. The van der Waals surface area contributed by atoms with E-state index in [2.05, 4.69) is 5.32 Å². The lowest BCUT2D eigenvalue weighted by molar-refractivity contribution is -0.885. The first-order valence-corrected chi connectivity index (χ1v) is 9.45. The van der Waals surface area contributed by atoms with Crippen molar-refractivity contribution < 1.29 is 14.5 Å². The van der Waals surface area contributed by atoms with Gasteiger partial charge in [0.25, 0.3) is 5.91 Å². The van der Waals surface area contributed by atoms with Gasteiger partial charge in [0.05, 0.1) is 28.5 Å². The van der Waals surface area contributed by atoms with E-state index in [1.807, 2.05) is 37.4 Å². The van der Waals surface area contributed by atoms with Gasteiger partial charge in [0, 0.05) is 5.56 Å². The molecule has 0 radical (unpaired) electrons. The van der Waals surface area contributed by atoms with Crippen LogP contribution in [-0.4, -0.2) is 30.9 Å². The molecule has 0 fully saturated rings. The van der Waals surface area contributed by atoms with Crippen LogP contribution in [0.25, 0.3) is 0 Å². The van der Waals surface area contributed by atoms with Crippen LogP contribution in [0.3, 0.4) is 0 Å². The molecular formula is C20H22Cl2N3O2+. The Labute approximate surface area is 168 Å². The molecule has 1 aliphatic heterocycles. The molecule has 0 saturated heterocycles. The summed E-state index contributed by atoms with van der Waals surface area (Å²) in [6.45, 7) is 4.26. The second-order valence-corrected chi connectivity index (χ2v) is 8.07. The Balaban J connectivity index is 1.82. The monoisotopic (exact) mass is 406 g/mol. The van der Waals surface area contributed by atoms with Gasteiger partial charge in [-0.3, -0.25) is 14.5 Å². The molecule has 1 unspecified atom stereocenters. The molecule has 0 aliphatic carbocycles. The quantitative estimate of drug-likeness (QED) is 0.819. The number of halogens is 2. The third-order valence-corrected chi connectivity index (χ3v) is 5.59. The van der Waals surface area contributed by atoms with E-state index in [0.29, 0.717) is 28.0 Å². The Hall–Kier alpha value is -2.08. The van der Waals surface area contributed by atoms with Crippen LogP contribution in [0.2, 0.25) is 10.0 Å². The van der Waals surface area contributed by atoms with Gasteiger partial charge in [0.2, 0.25) is 5.91 Å². The number of rotatable bonds is 4. The van der Waals surface area contributed by atoms with Gasteiger partial charge in [-0.05, 0) is 32.0 Å². The molecule has 0 saturated carbocycles. The van der Waals surface area contributed by atoms with E-state index in [9.17, 15) is 9.59 Å². The summed E-state index contributed by atoms with van der Waals surface area (Å²) in [5.74, 6) is -0.331. The van der Waals surface area contributed by atoms with Gasteiger partial charge in [0.1, 0.15) is 12.1 Å². The molecule has 2 amide bonds. The highest BCUT2D eigenvalue weighted by molar-refractivity contribution is 6.42. The number of carbonyl (C=O) groups is 2. The van der Waals surface area contributed by atoms with Crippen LogP contribution in [0, 0.1) is 0 Å². The number of carbonyl (C=O) groups excluding carboxylic acids is 2. The number of benzene rings is 2. The first-order chi connectivity index (χ1) is 12.7. The number of fused-ring (bicyclic) bond motifs is 1. The maximum absolute atomic E-state index is 13.1. The van der Waals surface area contributed by atoms with Crippen LogP contribution in [0.5, 0.6) is 0 Å². The van der Waals surface area contributed by atoms with Crippen LogP contribution < -0.4 is 15.1 Å². The van der Waals surface area contributed by atoms with E-state index in [1.165, 1.54) is 0 Å². The molecule has 3 rings (SSSR count). The number of nitrogens with one attached hydrogen (secondary N) is 2. The normalized spacial score (nSPS) is 16.5. The summed E-state index contributed by atoms with van der Waals surface area (Å²) in [7, 11) is 1.91. The second-order valence-electron chi connectivity index (χ2n) is 7.28. The van der Waals surface area contributed by atoms with Crippen molar-refractivity contribution in [3.8, 4) is 0 Å². The van der Waals surface area contributed by atoms with Gasteiger partial charge in [-0.1, -0.05) is 47.5 Å². The Morgan fingerprint density at radius 2 is 1.85 bits per heavy atom. The summed E-state index contributed by atoms with van der Waals surface area (Å²) in [6.07, 6.45) is 0. The zero-order chi connectivity index (χ0) is 19.8. The number of hydrogen-bond acceptors (Lipinski definition) is 2. The molecule has 0 spiro atoms. The molecule has 142 valence electrons. The highest BCUT2D eigenvalue weighted by atomic mass is 35.5. The van der Waals surface area contributed by atoms with E-state index in [1.54, 1.807) is 30.9 Å². The fourth-order valence-electron chi connectivity index (χ4n) is 3.31. The number of anilines is 2. The van der Waals surface area contributed by atoms with Gasteiger partial charge in [-0.25, -0.2) is 0 Å². The van der Waals surface area contributed by atoms with Crippen molar-refractivity contribution in [2.75, 3.05) is 23.8 Å². The van der Waals surface area contributed by atoms with Crippen LogP contribution in [0.15, 0.2) is 42.5 Å². The van der Waals surface area contributed by atoms with E-state index in [0.717, 1.165) is 10.5 Å². The molecule has 1 atom stereocenters. The predicted octanol–water partition coefficient (Wildman–Crippen LogP) is 2.77. The van der Waals surface area contributed by atoms with Crippen molar-refractivity contribution in [3.63, 3.8) is 0 Å². The molecule has 1 aliphatic rings. The topological polar surface area (TPSA) is 53.9 Å². The minimum Gasteiger partial charge on any atom is -0.326 e. The molecule has 2 aromatic rings. The molecule has 1 heterocycles. The average Bonchev–Trinajstić information content (AvgIpc) is 2.59. The number of para-hydroxylation sites is 2. The fraction of sp³-hybridized carbons (Fsp3) is 0.300. The van der Waals surface area contributed by atoms with Crippen molar-refractivity contribution in [2.24, 2.45) is 0 Å². The number of nitrogens with zero attached hydrogens (tertiary/aromatic N) is 1. The maximum atomic E-state index is 13.1. The van der Waals surface area contributed by atoms with Gasteiger partial charge >= 0.3 is 0 Å². The van der Waals surface area contributed by atoms with Gasteiger partial charge < -0.3 is 10.2 Å². The molecule has 7 heteroatoms. The van der Waals surface area contributed by atoms with Crippen LogP contribution in [0.1, 0.15) is 19.4 Å². The number of hydrogen-bond donors (Lipinski definition) is 2. The van der Waals surface area contributed by atoms with Crippen molar-refractivity contribution >= 4 is 46.4 Å². The third-order valence-electron chi connectivity index (χ3n) is 4.73. The Morgan fingerprint density at radius 1 is 1.15 bits per heavy atom. The zero-order valence-electron chi connectivity index (χ0n) is 15.5. The van der Waals surface area contributed by atoms with E-state index >= 15 is 0 Å². The van der Waals surface area contributed by atoms with E-state index < -0.39 is 5.54 Å². The molecule has 0 aromatic heterocycles. The zero-order valence-corrected chi connectivity index (χ0v) is 17.0. The summed E-state index contributed by atoms with van der Waals surface area (Å²) in [5, 5.41) is 3.87. The van der Waals surface area contributed by atoms with Crippen molar-refractivity contribution in [1.29, 1.82) is 0 Å². The summed E-state index contributed by atoms with van der Waals surface area (Å²) in [5.41, 5.74) is 1.26. The average molecular weight is 407 g/mol. The minimum absolute atomic E-state index is 0.127. The molecular weight excluding hydrogens is 385 g/mol. The van der Waals surface area contributed by atoms with Crippen LogP contribution >= 0.6 is 23.2 Å². The van der Waals surface area contributed by atoms with E-state index in [4.69, 9.17) is 23.2 Å². The molecule has 5 nitrogen and oxygen atoms in total. The van der Waals surface area contributed by atoms with Gasteiger partial charge in [-0.2, -0.15) is 0 Å². The lowest BCUT2D eigenvalue weighted by Gasteiger charge is -2.42. The Kier molecular flexibility index (Phi) is 5.47. The smallest absolute Gasteiger partial charge is 0.283 e. The maximum Gasteiger partial charge on any atom is 0.283 e. The third kappa shape index (κ3) is 3.81.